The van der Waals surface area contributed by atoms with Gasteiger partial charge in [-0.15, -0.1) is 0 Å². The quantitative estimate of drug-likeness (QED) is 0.868. The standard InChI is InChI=1S/C13H15BrN2O/c14-11-4-1-9(7-15-11)12(17)16-8-13(5-6-13)10-2-3-10/h1,4,7,10H,2-3,5-6,8H2,(H,16,17). The third kappa shape index (κ3) is 2.37. The van der Waals surface area contributed by atoms with E-state index in [1.807, 2.05) is 0 Å². The van der Waals surface area contributed by atoms with Crippen LogP contribution in [0, 0.1) is 11.3 Å². The lowest BCUT2D eigenvalue weighted by atomic mass is 10.0. The minimum Gasteiger partial charge on any atom is -0.351 e. The third-order valence-electron chi connectivity index (χ3n) is 3.93. The second kappa shape index (κ2) is 4.09. The number of halogens is 1. The Kier molecular flexibility index (Phi) is 2.69. The number of rotatable bonds is 4. The van der Waals surface area contributed by atoms with Crippen molar-refractivity contribution in [3.8, 4) is 0 Å². The van der Waals surface area contributed by atoms with Gasteiger partial charge in [0.2, 0.25) is 0 Å². The maximum Gasteiger partial charge on any atom is 0.252 e. The fourth-order valence-corrected chi connectivity index (χ4v) is 2.69. The molecule has 0 aliphatic heterocycles. The van der Waals surface area contributed by atoms with E-state index in [9.17, 15) is 4.79 Å². The van der Waals surface area contributed by atoms with Gasteiger partial charge in [0.15, 0.2) is 0 Å². The lowest BCUT2D eigenvalue weighted by Crippen LogP contribution is -2.31. The van der Waals surface area contributed by atoms with E-state index in [4.69, 9.17) is 0 Å². The fourth-order valence-electron chi connectivity index (χ4n) is 2.45. The Hall–Kier alpha value is -0.900. The molecule has 1 aromatic rings. The average Bonchev–Trinajstić information content (AvgIpc) is 3.17. The first kappa shape index (κ1) is 11.2. The molecule has 0 aromatic carbocycles. The Bertz CT molecular complexity index is 435. The summed E-state index contributed by atoms with van der Waals surface area (Å²) in [7, 11) is 0. The molecule has 0 bridgehead atoms. The summed E-state index contributed by atoms with van der Waals surface area (Å²) < 4.78 is 0.755. The molecule has 0 unspecified atom stereocenters. The van der Waals surface area contributed by atoms with Gasteiger partial charge in [0.25, 0.3) is 5.91 Å². The van der Waals surface area contributed by atoms with Gasteiger partial charge in [0.05, 0.1) is 5.56 Å². The van der Waals surface area contributed by atoms with Gasteiger partial charge in [0, 0.05) is 12.7 Å². The van der Waals surface area contributed by atoms with Crippen molar-refractivity contribution in [3.63, 3.8) is 0 Å². The number of hydrogen-bond acceptors (Lipinski definition) is 2. The Labute approximate surface area is 109 Å². The van der Waals surface area contributed by atoms with Gasteiger partial charge in [-0.3, -0.25) is 4.79 Å². The minimum absolute atomic E-state index is 0.00285. The number of carbonyl (C=O) groups excluding carboxylic acids is 1. The van der Waals surface area contributed by atoms with Crippen molar-refractivity contribution in [2.45, 2.75) is 25.7 Å². The van der Waals surface area contributed by atoms with Crippen LogP contribution in [0.2, 0.25) is 0 Å². The molecule has 0 spiro atoms. The first-order valence-corrected chi connectivity index (χ1v) is 6.89. The molecule has 1 N–H and O–H groups in total. The molecule has 1 aromatic heterocycles. The number of carbonyl (C=O) groups is 1. The van der Waals surface area contributed by atoms with Crippen molar-refractivity contribution in [1.82, 2.24) is 10.3 Å². The highest BCUT2D eigenvalue weighted by Gasteiger charge is 2.53. The molecule has 3 nitrogen and oxygen atoms in total. The summed E-state index contributed by atoms with van der Waals surface area (Å²) in [5.74, 6) is 0.878. The van der Waals surface area contributed by atoms with Crippen LogP contribution >= 0.6 is 15.9 Å². The lowest BCUT2D eigenvalue weighted by molar-refractivity contribution is 0.0942. The van der Waals surface area contributed by atoms with Crippen LogP contribution in [0.5, 0.6) is 0 Å². The lowest BCUT2D eigenvalue weighted by Gasteiger charge is -2.14. The minimum atomic E-state index is -0.00285. The van der Waals surface area contributed by atoms with E-state index in [2.05, 4.69) is 26.2 Å². The van der Waals surface area contributed by atoms with Crippen molar-refractivity contribution in [3.05, 3.63) is 28.5 Å². The van der Waals surface area contributed by atoms with E-state index in [1.54, 1.807) is 18.3 Å². The Morgan fingerprint density at radius 2 is 2.24 bits per heavy atom. The molecule has 1 heterocycles. The second-order valence-corrected chi connectivity index (χ2v) is 6.00. The highest BCUT2D eigenvalue weighted by atomic mass is 79.9. The van der Waals surface area contributed by atoms with E-state index >= 15 is 0 Å². The predicted octanol–water partition coefficient (Wildman–Crippen LogP) is 2.76. The summed E-state index contributed by atoms with van der Waals surface area (Å²) in [4.78, 5) is 16.0. The maximum absolute atomic E-state index is 11.9. The van der Waals surface area contributed by atoms with Gasteiger partial charge in [-0.2, -0.15) is 0 Å². The van der Waals surface area contributed by atoms with Crippen LogP contribution in [0.25, 0.3) is 0 Å². The third-order valence-corrected chi connectivity index (χ3v) is 4.40. The van der Waals surface area contributed by atoms with Gasteiger partial charge in [0.1, 0.15) is 4.60 Å². The second-order valence-electron chi connectivity index (χ2n) is 5.19. The summed E-state index contributed by atoms with van der Waals surface area (Å²) in [5, 5.41) is 3.05. The van der Waals surface area contributed by atoms with E-state index in [0.717, 1.165) is 17.1 Å². The molecular weight excluding hydrogens is 280 g/mol. The molecule has 17 heavy (non-hydrogen) atoms. The van der Waals surface area contributed by atoms with Gasteiger partial charge in [-0.1, -0.05) is 0 Å². The summed E-state index contributed by atoms with van der Waals surface area (Å²) in [6.07, 6.45) is 6.90. The molecule has 0 atom stereocenters. The smallest absolute Gasteiger partial charge is 0.252 e. The van der Waals surface area contributed by atoms with Crippen molar-refractivity contribution < 1.29 is 4.79 Å². The summed E-state index contributed by atoms with van der Waals surface area (Å²) >= 11 is 3.26. The zero-order valence-electron chi connectivity index (χ0n) is 9.58. The van der Waals surface area contributed by atoms with Crippen molar-refractivity contribution >= 4 is 21.8 Å². The molecule has 90 valence electrons. The zero-order chi connectivity index (χ0) is 11.9. The number of hydrogen-bond donors (Lipinski definition) is 1. The van der Waals surface area contributed by atoms with Gasteiger partial charge < -0.3 is 5.32 Å². The predicted molar refractivity (Wildman–Crippen MR) is 68.7 cm³/mol. The molecule has 2 aliphatic carbocycles. The number of nitrogens with zero attached hydrogens (tertiary/aromatic N) is 1. The summed E-state index contributed by atoms with van der Waals surface area (Å²) in [6.45, 7) is 0.840. The number of amides is 1. The Morgan fingerprint density at radius 3 is 2.76 bits per heavy atom. The number of pyridine rings is 1. The van der Waals surface area contributed by atoms with Crippen molar-refractivity contribution in [2.24, 2.45) is 11.3 Å². The number of aromatic nitrogens is 1. The maximum atomic E-state index is 11.9. The molecular formula is C13H15BrN2O. The SMILES string of the molecule is O=C(NCC1(C2CC2)CC1)c1ccc(Br)nc1. The molecule has 4 heteroatoms. The van der Waals surface area contributed by atoms with E-state index in [1.165, 1.54) is 25.7 Å². The first-order chi connectivity index (χ1) is 8.20. The molecule has 0 saturated heterocycles. The number of nitrogens with one attached hydrogen (secondary N) is 1. The van der Waals surface area contributed by atoms with E-state index in [0.29, 0.717) is 11.0 Å². The van der Waals surface area contributed by atoms with Gasteiger partial charge in [-0.25, -0.2) is 4.98 Å². The molecule has 1 amide bonds. The monoisotopic (exact) mass is 294 g/mol. The van der Waals surface area contributed by atoms with Gasteiger partial charge in [-0.05, 0) is 65.1 Å². The highest BCUT2D eigenvalue weighted by molar-refractivity contribution is 9.10. The van der Waals surface area contributed by atoms with Crippen LogP contribution in [0.4, 0.5) is 0 Å². The van der Waals surface area contributed by atoms with Crippen LogP contribution in [0.1, 0.15) is 36.0 Å². The summed E-state index contributed by atoms with van der Waals surface area (Å²) in [6, 6.07) is 3.59. The normalized spacial score (nSPS) is 21.0. The molecule has 3 rings (SSSR count). The van der Waals surface area contributed by atoms with Crippen LogP contribution in [-0.4, -0.2) is 17.4 Å². The Balaban J connectivity index is 1.58. The fraction of sp³-hybridized carbons (Fsp3) is 0.538. The molecule has 0 radical (unpaired) electrons. The van der Waals surface area contributed by atoms with Crippen LogP contribution in [0.15, 0.2) is 22.9 Å². The molecule has 2 fully saturated rings. The Morgan fingerprint density at radius 1 is 1.47 bits per heavy atom. The van der Waals surface area contributed by atoms with Crippen molar-refractivity contribution in [2.75, 3.05) is 6.54 Å². The van der Waals surface area contributed by atoms with E-state index < -0.39 is 0 Å². The van der Waals surface area contributed by atoms with Crippen LogP contribution in [-0.2, 0) is 0 Å². The van der Waals surface area contributed by atoms with Crippen molar-refractivity contribution in [1.29, 1.82) is 0 Å². The van der Waals surface area contributed by atoms with Crippen LogP contribution < -0.4 is 5.32 Å². The summed E-state index contributed by atoms with van der Waals surface area (Å²) in [5.41, 5.74) is 1.10. The first-order valence-electron chi connectivity index (χ1n) is 6.09. The molecule has 2 saturated carbocycles. The topological polar surface area (TPSA) is 42.0 Å². The molecule has 2 aliphatic rings. The van der Waals surface area contributed by atoms with Gasteiger partial charge >= 0.3 is 0 Å². The van der Waals surface area contributed by atoms with Crippen LogP contribution in [0.3, 0.4) is 0 Å². The highest BCUT2D eigenvalue weighted by Crippen LogP contribution is 2.60. The largest absolute Gasteiger partial charge is 0.351 e. The zero-order valence-corrected chi connectivity index (χ0v) is 11.2. The average molecular weight is 295 g/mol. The van der Waals surface area contributed by atoms with E-state index in [-0.39, 0.29) is 5.91 Å².